The molecule has 1 aliphatic rings. The van der Waals surface area contributed by atoms with Gasteiger partial charge < -0.3 is 4.42 Å². The summed E-state index contributed by atoms with van der Waals surface area (Å²) in [5, 5.41) is 2.34. The van der Waals surface area contributed by atoms with E-state index in [-0.39, 0.29) is 16.2 Å². The van der Waals surface area contributed by atoms with E-state index in [4.69, 9.17) is 4.42 Å². The molecule has 0 radical (unpaired) electrons. The van der Waals surface area contributed by atoms with Crippen molar-refractivity contribution >= 4 is 21.9 Å². The quantitative estimate of drug-likeness (QED) is 0.234. The van der Waals surface area contributed by atoms with Crippen LogP contribution in [-0.4, -0.2) is 0 Å². The fourth-order valence-electron chi connectivity index (χ4n) is 6.52. The maximum Gasteiger partial charge on any atom is 0.216 e. The second-order valence-electron chi connectivity index (χ2n) is 12.3. The lowest BCUT2D eigenvalue weighted by Crippen LogP contribution is -2.42. The third-order valence-corrected chi connectivity index (χ3v) is 9.99. The lowest BCUT2D eigenvalue weighted by atomic mass is 9.59. The van der Waals surface area contributed by atoms with Crippen molar-refractivity contribution in [3.05, 3.63) is 89.6 Å². The maximum atomic E-state index is 6.80. The van der Waals surface area contributed by atoms with Crippen molar-refractivity contribution in [2.24, 2.45) is 12.5 Å². The number of nitrogens with zero attached hydrogens (tertiary/aromatic N) is 1. The molecule has 1 aliphatic carbocycles. The smallest absolute Gasteiger partial charge is 0.216 e. The molecule has 2 nitrogen and oxygen atoms in total. The number of hydrogen-bond acceptors (Lipinski definition) is 1. The second-order valence-corrected chi connectivity index (χ2v) is 12.3. The van der Waals surface area contributed by atoms with Crippen LogP contribution in [0.2, 0.25) is 0 Å². The third kappa shape index (κ3) is 2.82. The molecule has 0 amide bonds. The molecule has 0 N–H and O–H groups in total. The van der Waals surface area contributed by atoms with Crippen LogP contribution in [0.1, 0.15) is 58.2 Å². The fraction of sp³-hybridized carbons (Fsp3) is 0.324. The van der Waals surface area contributed by atoms with E-state index < -0.39 is 0 Å². The van der Waals surface area contributed by atoms with E-state index in [0.29, 0.717) is 0 Å². The average molecular weight is 475 g/mol. The van der Waals surface area contributed by atoms with Crippen LogP contribution in [0.4, 0.5) is 0 Å². The van der Waals surface area contributed by atoms with Crippen LogP contribution in [0.15, 0.2) is 77.3 Å². The fourth-order valence-corrected chi connectivity index (χ4v) is 6.52. The normalized spacial score (nSPS) is 17.6. The first-order chi connectivity index (χ1) is 17.0. The zero-order valence-corrected chi connectivity index (χ0v) is 22.8. The van der Waals surface area contributed by atoms with Gasteiger partial charge in [-0.3, -0.25) is 0 Å². The Bertz CT molecular complexity index is 1680. The summed E-state index contributed by atoms with van der Waals surface area (Å²) in [7, 11) is 2.09. The molecule has 0 bridgehead atoms. The number of benzene rings is 3. The van der Waals surface area contributed by atoms with Crippen molar-refractivity contribution in [3.8, 4) is 22.4 Å². The lowest BCUT2D eigenvalue weighted by molar-refractivity contribution is -0.660. The van der Waals surface area contributed by atoms with Gasteiger partial charge in [-0.2, -0.15) is 0 Å². The molecular weight excluding hydrogens is 438 g/mol. The van der Waals surface area contributed by atoms with Crippen molar-refractivity contribution in [3.63, 3.8) is 0 Å². The van der Waals surface area contributed by atoms with Gasteiger partial charge in [0.25, 0.3) is 0 Å². The van der Waals surface area contributed by atoms with E-state index in [2.05, 4.69) is 133 Å². The highest BCUT2D eigenvalue weighted by atomic mass is 16.3. The average Bonchev–Trinajstić information content (AvgIpc) is 3.26. The van der Waals surface area contributed by atoms with Crippen LogP contribution in [0.5, 0.6) is 0 Å². The summed E-state index contributed by atoms with van der Waals surface area (Å²) in [6, 6.07) is 24.4. The predicted molar refractivity (Wildman–Crippen MR) is 150 cm³/mol. The summed E-state index contributed by atoms with van der Waals surface area (Å²) in [6.07, 6.45) is 2.09. The van der Waals surface area contributed by atoms with Crippen molar-refractivity contribution < 1.29 is 8.98 Å². The standard InChI is InChI=1S/C34H36NO/c1-21-15-17-25-24-13-11-12-23(30(24)36-31(25)29(21)28-14-9-10-19-35(28)8)22-16-18-26-27(20-22)33(4,5)34(6,7)32(26,2)3/h9-20H,1-8H3/q+1. The molecule has 2 heterocycles. The maximum absolute atomic E-state index is 6.80. The Labute approximate surface area is 214 Å². The van der Waals surface area contributed by atoms with E-state index in [0.717, 1.165) is 28.0 Å². The summed E-state index contributed by atoms with van der Waals surface area (Å²) in [4.78, 5) is 0. The Morgan fingerprint density at radius 3 is 2.17 bits per heavy atom. The number of furan rings is 1. The van der Waals surface area contributed by atoms with Gasteiger partial charge in [0.2, 0.25) is 5.69 Å². The van der Waals surface area contributed by atoms with E-state index in [1.165, 1.54) is 33.0 Å². The molecule has 182 valence electrons. The molecule has 0 spiro atoms. The number of hydrogen-bond donors (Lipinski definition) is 0. The SMILES string of the molecule is Cc1ccc2c(oc3c(-c4ccc5c(c4)C(C)(C)C(C)(C)C5(C)C)cccc32)c1-c1cccc[n+]1C. The molecule has 0 saturated carbocycles. The Morgan fingerprint density at radius 1 is 0.694 bits per heavy atom. The molecule has 2 heteroatoms. The molecule has 5 aromatic rings. The molecular formula is C34H36NO+. The minimum absolute atomic E-state index is 0.0654. The highest BCUT2D eigenvalue weighted by molar-refractivity contribution is 6.13. The first-order valence-electron chi connectivity index (χ1n) is 13.0. The Balaban J connectivity index is 1.62. The van der Waals surface area contributed by atoms with Crippen molar-refractivity contribution in [2.45, 2.75) is 59.3 Å². The number of rotatable bonds is 2. The van der Waals surface area contributed by atoms with E-state index >= 15 is 0 Å². The summed E-state index contributed by atoms with van der Waals surface area (Å²) >= 11 is 0. The molecule has 0 atom stereocenters. The predicted octanol–water partition coefficient (Wildman–Crippen LogP) is 8.65. The second kappa shape index (κ2) is 7.32. The first-order valence-corrected chi connectivity index (χ1v) is 13.0. The van der Waals surface area contributed by atoms with Gasteiger partial charge in [0.05, 0.1) is 5.56 Å². The Hall–Kier alpha value is -3.39. The van der Waals surface area contributed by atoms with Gasteiger partial charge in [-0.1, -0.05) is 90.1 Å². The van der Waals surface area contributed by atoms with Crippen LogP contribution < -0.4 is 4.57 Å². The van der Waals surface area contributed by atoms with Crippen LogP contribution in [0, 0.1) is 12.3 Å². The van der Waals surface area contributed by atoms with Crippen LogP contribution in [-0.2, 0) is 17.9 Å². The summed E-state index contributed by atoms with van der Waals surface area (Å²) in [5.41, 5.74) is 11.1. The monoisotopic (exact) mass is 474 g/mol. The zero-order chi connectivity index (χ0) is 25.6. The molecule has 0 saturated heterocycles. The zero-order valence-electron chi connectivity index (χ0n) is 22.8. The van der Waals surface area contributed by atoms with Gasteiger partial charge in [-0.05, 0) is 51.5 Å². The number of fused-ring (bicyclic) bond motifs is 4. The molecule has 0 unspecified atom stereocenters. The van der Waals surface area contributed by atoms with Crippen LogP contribution in [0.3, 0.4) is 0 Å². The Morgan fingerprint density at radius 2 is 1.42 bits per heavy atom. The topological polar surface area (TPSA) is 17.0 Å². The molecule has 2 aromatic heterocycles. The van der Waals surface area contributed by atoms with E-state index in [9.17, 15) is 0 Å². The number of aromatic nitrogens is 1. The summed E-state index contributed by atoms with van der Waals surface area (Å²) < 4.78 is 8.97. The third-order valence-electron chi connectivity index (χ3n) is 9.99. The Kier molecular flexibility index (Phi) is 4.68. The summed E-state index contributed by atoms with van der Waals surface area (Å²) in [6.45, 7) is 16.6. The molecule has 0 fully saturated rings. The molecule has 3 aromatic carbocycles. The van der Waals surface area contributed by atoms with Crippen molar-refractivity contribution in [1.82, 2.24) is 0 Å². The minimum Gasteiger partial charge on any atom is -0.454 e. The first kappa shape index (κ1) is 23.0. The number of aryl methyl sites for hydroxylation is 2. The van der Waals surface area contributed by atoms with Gasteiger partial charge in [0.15, 0.2) is 6.20 Å². The van der Waals surface area contributed by atoms with Crippen molar-refractivity contribution in [2.75, 3.05) is 0 Å². The van der Waals surface area contributed by atoms with Gasteiger partial charge in [-0.25, -0.2) is 4.57 Å². The van der Waals surface area contributed by atoms with Crippen LogP contribution in [0.25, 0.3) is 44.3 Å². The van der Waals surface area contributed by atoms with E-state index in [1.54, 1.807) is 0 Å². The molecule has 6 rings (SSSR count). The number of para-hydroxylation sites is 1. The summed E-state index contributed by atoms with van der Waals surface area (Å²) in [5.74, 6) is 0. The molecule has 36 heavy (non-hydrogen) atoms. The van der Waals surface area contributed by atoms with Crippen molar-refractivity contribution in [1.29, 1.82) is 0 Å². The largest absolute Gasteiger partial charge is 0.454 e. The van der Waals surface area contributed by atoms with Gasteiger partial charge in [-0.15, -0.1) is 0 Å². The lowest BCUT2D eigenvalue weighted by Gasteiger charge is -2.44. The van der Waals surface area contributed by atoms with Gasteiger partial charge in [0, 0.05) is 28.5 Å². The minimum atomic E-state index is 0.0654. The molecule has 0 aliphatic heterocycles. The van der Waals surface area contributed by atoms with Gasteiger partial charge in [0.1, 0.15) is 18.2 Å². The van der Waals surface area contributed by atoms with E-state index in [1.807, 2.05) is 0 Å². The van der Waals surface area contributed by atoms with Gasteiger partial charge >= 0.3 is 0 Å². The highest BCUT2D eigenvalue weighted by Crippen LogP contribution is 2.61. The van der Waals surface area contributed by atoms with Crippen LogP contribution >= 0.6 is 0 Å². The highest BCUT2D eigenvalue weighted by Gasteiger charge is 2.56. The number of pyridine rings is 1.